The van der Waals surface area contributed by atoms with Crippen LogP contribution in [0, 0.1) is 0 Å². The van der Waals surface area contributed by atoms with Gasteiger partial charge in [-0.3, -0.25) is 5.01 Å². The normalized spacial score (nSPS) is 17.3. The molecule has 1 heterocycles. The average Bonchev–Trinajstić information content (AvgIpc) is 2.42. The molecular formula is C14H18Cl2N2O. The summed E-state index contributed by atoms with van der Waals surface area (Å²) in [7, 11) is 0. The number of halogens is 2. The minimum absolute atomic E-state index is 0.322. The fourth-order valence-electron chi connectivity index (χ4n) is 2.08. The Hall–Kier alpha value is -0.770. The predicted molar refractivity (Wildman–Crippen MR) is 80.1 cm³/mol. The zero-order chi connectivity index (χ0) is 13.8. The molecule has 104 valence electrons. The minimum atomic E-state index is -0.322. The van der Waals surface area contributed by atoms with Gasteiger partial charge in [-0.25, -0.2) is 0 Å². The van der Waals surface area contributed by atoms with Crippen molar-refractivity contribution >= 4 is 28.9 Å². The highest BCUT2D eigenvalue weighted by molar-refractivity contribution is 6.42. The summed E-state index contributed by atoms with van der Waals surface area (Å²) >= 11 is 12.0. The topological polar surface area (TPSA) is 35.8 Å². The summed E-state index contributed by atoms with van der Waals surface area (Å²) in [5, 5.41) is 17.3. The maximum atomic E-state index is 9.70. The molecule has 0 radical (unpaired) electrons. The van der Waals surface area contributed by atoms with Crippen molar-refractivity contribution in [1.82, 2.24) is 5.01 Å². The first-order valence-electron chi connectivity index (χ1n) is 6.56. The summed E-state index contributed by atoms with van der Waals surface area (Å²) in [6.07, 6.45) is 2.39. The van der Waals surface area contributed by atoms with Gasteiger partial charge >= 0.3 is 0 Å². The Bertz CT molecular complexity index is 477. The molecule has 0 saturated carbocycles. The first-order chi connectivity index (χ1) is 9.10. The smallest absolute Gasteiger partial charge is 0.0729 e. The molecule has 3 nitrogen and oxygen atoms in total. The zero-order valence-electron chi connectivity index (χ0n) is 10.9. The lowest BCUT2D eigenvalue weighted by Gasteiger charge is -2.27. The molecule has 1 N–H and O–H groups in total. The molecule has 0 aromatic heterocycles. The largest absolute Gasteiger partial charge is 0.391 e. The van der Waals surface area contributed by atoms with Gasteiger partial charge in [0.15, 0.2) is 0 Å². The van der Waals surface area contributed by atoms with Gasteiger partial charge in [0.2, 0.25) is 0 Å². The molecule has 0 bridgehead atoms. The summed E-state index contributed by atoms with van der Waals surface area (Å²) in [4.78, 5) is 0. The first kappa shape index (κ1) is 14.6. The van der Waals surface area contributed by atoms with Gasteiger partial charge in [0.1, 0.15) is 0 Å². The van der Waals surface area contributed by atoms with Gasteiger partial charge in [-0.1, -0.05) is 36.2 Å². The van der Waals surface area contributed by atoms with E-state index in [0.29, 0.717) is 16.6 Å². The number of hydrogen-bond donors (Lipinski definition) is 1. The second kappa shape index (κ2) is 6.60. The molecule has 0 amide bonds. The number of benzene rings is 1. The standard InChI is InChI=1S/C14H18Cl2N2O/c1-2-11(19)9-18-7-3-4-14(17-18)10-5-6-12(15)13(16)8-10/h5-6,8,11,19H,2-4,7,9H2,1H3. The van der Waals surface area contributed by atoms with Crippen LogP contribution < -0.4 is 0 Å². The molecule has 1 aliphatic heterocycles. The minimum Gasteiger partial charge on any atom is -0.391 e. The molecule has 0 aliphatic carbocycles. The first-order valence-corrected chi connectivity index (χ1v) is 7.31. The Morgan fingerprint density at radius 2 is 2.16 bits per heavy atom. The second-order valence-corrected chi connectivity index (χ2v) is 5.57. The number of aliphatic hydroxyl groups excluding tert-OH is 1. The molecule has 1 aromatic carbocycles. The van der Waals surface area contributed by atoms with Crippen LogP contribution in [0.2, 0.25) is 10.0 Å². The van der Waals surface area contributed by atoms with E-state index in [-0.39, 0.29) is 6.10 Å². The highest BCUT2D eigenvalue weighted by Crippen LogP contribution is 2.24. The van der Waals surface area contributed by atoms with Crippen molar-refractivity contribution in [3.63, 3.8) is 0 Å². The van der Waals surface area contributed by atoms with Crippen LogP contribution in [0.3, 0.4) is 0 Å². The van der Waals surface area contributed by atoms with E-state index in [4.69, 9.17) is 23.2 Å². The third-order valence-corrected chi connectivity index (χ3v) is 3.98. The van der Waals surface area contributed by atoms with Crippen LogP contribution in [0.15, 0.2) is 23.3 Å². The average molecular weight is 301 g/mol. The van der Waals surface area contributed by atoms with E-state index in [0.717, 1.165) is 37.1 Å². The van der Waals surface area contributed by atoms with Gasteiger partial charge in [0, 0.05) is 6.54 Å². The van der Waals surface area contributed by atoms with Crippen LogP contribution in [0.1, 0.15) is 31.7 Å². The number of hydrazone groups is 1. The lowest BCUT2D eigenvalue weighted by molar-refractivity contribution is 0.108. The SMILES string of the molecule is CCC(O)CN1CCCC(c2ccc(Cl)c(Cl)c2)=N1. The number of nitrogens with zero attached hydrogens (tertiary/aromatic N) is 2. The van der Waals surface area contributed by atoms with E-state index in [1.165, 1.54) is 0 Å². The van der Waals surface area contributed by atoms with Crippen molar-refractivity contribution in [1.29, 1.82) is 0 Å². The molecular weight excluding hydrogens is 283 g/mol. The summed E-state index contributed by atoms with van der Waals surface area (Å²) < 4.78 is 0. The molecule has 1 aliphatic rings. The third-order valence-electron chi connectivity index (χ3n) is 3.24. The predicted octanol–water partition coefficient (Wildman–Crippen LogP) is 3.56. The zero-order valence-corrected chi connectivity index (χ0v) is 12.5. The van der Waals surface area contributed by atoms with Crippen LogP contribution >= 0.6 is 23.2 Å². The molecule has 19 heavy (non-hydrogen) atoms. The fourth-order valence-corrected chi connectivity index (χ4v) is 2.38. The molecule has 2 rings (SSSR count). The lowest BCUT2D eigenvalue weighted by Crippen LogP contribution is -2.33. The van der Waals surface area contributed by atoms with Crippen LogP contribution in [0.25, 0.3) is 0 Å². The van der Waals surface area contributed by atoms with E-state index < -0.39 is 0 Å². The van der Waals surface area contributed by atoms with Gasteiger partial charge in [-0.05, 0) is 37.0 Å². The van der Waals surface area contributed by atoms with E-state index in [1.54, 1.807) is 6.07 Å². The maximum Gasteiger partial charge on any atom is 0.0729 e. The summed E-state index contributed by atoms with van der Waals surface area (Å²) in [5.41, 5.74) is 2.01. The van der Waals surface area contributed by atoms with Crippen LogP contribution in [-0.4, -0.2) is 35.0 Å². The van der Waals surface area contributed by atoms with Crippen LogP contribution in [0.5, 0.6) is 0 Å². The highest BCUT2D eigenvalue weighted by atomic mass is 35.5. The van der Waals surface area contributed by atoms with Crippen molar-refractivity contribution in [3.8, 4) is 0 Å². The van der Waals surface area contributed by atoms with Gasteiger partial charge in [0.05, 0.1) is 28.4 Å². The number of aliphatic hydroxyl groups is 1. The van der Waals surface area contributed by atoms with Crippen LogP contribution in [0.4, 0.5) is 0 Å². The van der Waals surface area contributed by atoms with Crippen molar-refractivity contribution in [2.45, 2.75) is 32.3 Å². The van der Waals surface area contributed by atoms with E-state index in [2.05, 4.69) is 5.10 Å². The van der Waals surface area contributed by atoms with E-state index in [1.807, 2.05) is 24.1 Å². The fraction of sp³-hybridized carbons (Fsp3) is 0.500. The van der Waals surface area contributed by atoms with Crippen molar-refractivity contribution < 1.29 is 5.11 Å². The number of β-amino-alcohol motifs (C(OH)–C–C–N with tert-alkyl or cyclic N) is 1. The van der Waals surface area contributed by atoms with Gasteiger partial charge < -0.3 is 5.11 Å². The maximum absolute atomic E-state index is 9.70. The van der Waals surface area contributed by atoms with Gasteiger partial charge in [-0.2, -0.15) is 5.10 Å². The second-order valence-electron chi connectivity index (χ2n) is 4.75. The van der Waals surface area contributed by atoms with Crippen molar-refractivity contribution in [2.24, 2.45) is 5.10 Å². The van der Waals surface area contributed by atoms with Gasteiger partial charge in [-0.15, -0.1) is 0 Å². The van der Waals surface area contributed by atoms with Gasteiger partial charge in [0.25, 0.3) is 0 Å². The molecule has 0 saturated heterocycles. The molecule has 1 unspecified atom stereocenters. The molecule has 5 heteroatoms. The van der Waals surface area contributed by atoms with E-state index in [9.17, 15) is 5.11 Å². The summed E-state index contributed by atoms with van der Waals surface area (Å²) in [6.45, 7) is 3.45. The Morgan fingerprint density at radius 3 is 2.84 bits per heavy atom. The quantitative estimate of drug-likeness (QED) is 0.923. The Kier molecular flexibility index (Phi) is 5.08. The Balaban J connectivity index is 2.16. The monoisotopic (exact) mass is 300 g/mol. The summed E-state index contributed by atoms with van der Waals surface area (Å²) in [5.74, 6) is 0. The van der Waals surface area contributed by atoms with Crippen molar-refractivity contribution in [2.75, 3.05) is 13.1 Å². The molecule has 1 atom stereocenters. The molecule has 0 spiro atoms. The molecule has 1 aromatic rings. The number of hydrogen-bond acceptors (Lipinski definition) is 3. The van der Waals surface area contributed by atoms with Crippen molar-refractivity contribution in [3.05, 3.63) is 33.8 Å². The highest BCUT2D eigenvalue weighted by Gasteiger charge is 2.16. The van der Waals surface area contributed by atoms with Crippen LogP contribution in [-0.2, 0) is 0 Å². The summed E-state index contributed by atoms with van der Waals surface area (Å²) in [6, 6.07) is 5.58. The Morgan fingerprint density at radius 1 is 1.37 bits per heavy atom. The van der Waals surface area contributed by atoms with E-state index >= 15 is 0 Å². The lowest BCUT2D eigenvalue weighted by atomic mass is 10.0. The molecule has 0 fully saturated rings. The number of rotatable bonds is 4. The Labute approximate surface area is 123 Å². The third kappa shape index (κ3) is 3.85.